The maximum Gasteiger partial charge on any atom is 0.423 e. The topological polar surface area (TPSA) is 83.8 Å². The van der Waals surface area contributed by atoms with Gasteiger partial charge >= 0.3 is 10.4 Å². The van der Waals surface area contributed by atoms with E-state index in [1.165, 1.54) is 0 Å². The predicted octanol–water partition coefficient (Wildman–Crippen LogP) is -0.721. The second kappa shape index (κ2) is 4.18. The molecule has 0 bridgehead atoms. The van der Waals surface area contributed by atoms with E-state index in [0.29, 0.717) is 0 Å². The van der Waals surface area contributed by atoms with E-state index in [2.05, 4.69) is 4.33 Å². The van der Waals surface area contributed by atoms with Crippen LogP contribution in [0.15, 0.2) is 0 Å². The van der Waals surface area contributed by atoms with Gasteiger partial charge in [0.2, 0.25) is 0 Å². The van der Waals surface area contributed by atoms with Crippen LogP contribution in [0, 0.1) is 44.1 Å². The first-order chi connectivity index (χ1) is 2.56. The van der Waals surface area contributed by atoms with Gasteiger partial charge in [-0.05, 0) is 0 Å². The van der Waals surface area contributed by atoms with E-state index in [9.17, 15) is 0 Å². The van der Waals surface area contributed by atoms with E-state index in [-0.39, 0.29) is 44.1 Å². The fourth-order valence-corrected chi connectivity index (χ4v) is 0. The Bertz CT molecular complexity index is 110. The van der Waals surface area contributed by atoms with Crippen LogP contribution < -0.4 is 0 Å². The summed E-state index contributed by atoms with van der Waals surface area (Å²) in [5.41, 5.74) is 0. The molecule has 0 saturated carbocycles. The van der Waals surface area contributed by atoms with Crippen LogP contribution in [0.25, 0.3) is 0 Å². The molecule has 5 nitrogen and oxygen atoms in total. The van der Waals surface area contributed by atoms with Gasteiger partial charge < -0.3 is 0 Å². The molecule has 0 spiro atoms. The average Bonchev–Trinajstić information content (AvgIpc) is 1.35. The van der Waals surface area contributed by atoms with Gasteiger partial charge in [-0.1, -0.05) is 4.33 Å². The van der Waals surface area contributed by atoms with Crippen molar-refractivity contribution in [3.8, 4) is 0 Å². The zero-order valence-corrected chi connectivity index (χ0v) is 8.67. The Morgan fingerprint density at radius 1 is 1.43 bits per heavy atom. The Balaban J connectivity index is 0. The maximum absolute atomic E-state index is 9.08. The first kappa shape index (κ1) is 11.1. The Kier molecular flexibility index (Phi) is 6.64. The summed E-state index contributed by atoms with van der Waals surface area (Å²) in [5, 5.41) is 7.06. The fourth-order valence-electron chi connectivity index (χ4n) is 0. The maximum atomic E-state index is 9.08. The molecule has 2 N–H and O–H groups in total. The minimum atomic E-state index is -4.61. The number of rotatable bonds is 1. The van der Waals surface area contributed by atoms with Crippen molar-refractivity contribution in [2.24, 2.45) is 0 Å². The molecule has 0 atom stereocenters. The van der Waals surface area contributed by atoms with Crippen LogP contribution in [0.3, 0.4) is 0 Å². The van der Waals surface area contributed by atoms with Gasteiger partial charge in [0.25, 0.3) is 0 Å². The number of hydrogen-bond acceptors (Lipinski definition) is 4. The Hall–Kier alpha value is 1.27. The van der Waals surface area contributed by atoms with Crippen molar-refractivity contribution in [2.75, 3.05) is 0 Å². The van der Waals surface area contributed by atoms with Crippen LogP contribution in [-0.2, 0) is 14.7 Å². The molecular formula is H2AcO5S. The van der Waals surface area contributed by atoms with Crippen LogP contribution >= 0.6 is 0 Å². The summed E-state index contributed by atoms with van der Waals surface area (Å²) in [6, 6.07) is 0. The van der Waals surface area contributed by atoms with E-state index >= 15 is 0 Å². The summed E-state index contributed by atoms with van der Waals surface area (Å²) >= 11 is 0. The average molecular weight is 341 g/mol. The molecule has 0 fully saturated rings. The van der Waals surface area contributed by atoms with Crippen LogP contribution in [0.2, 0.25) is 0 Å². The second-order valence-corrected chi connectivity index (χ2v) is 1.51. The van der Waals surface area contributed by atoms with E-state index in [1.54, 1.807) is 0 Å². The van der Waals surface area contributed by atoms with Gasteiger partial charge in [0.1, 0.15) is 0 Å². The molecule has 0 aromatic heterocycles. The van der Waals surface area contributed by atoms with Gasteiger partial charge in [-0.2, -0.15) is 8.42 Å². The van der Waals surface area contributed by atoms with Crippen LogP contribution in [-0.4, -0.2) is 18.2 Å². The van der Waals surface area contributed by atoms with Gasteiger partial charge in [0.15, 0.2) is 0 Å². The molecule has 1 radical (unpaired) electrons. The first-order valence-electron chi connectivity index (χ1n) is 0.865. The third kappa shape index (κ3) is 11.1. The summed E-state index contributed by atoms with van der Waals surface area (Å²) in [7, 11) is -4.61. The van der Waals surface area contributed by atoms with E-state index in [1.807, 2.05) is 0 Å². The molecule has 0 heterocycles. The Morgan fingerprint density at radius 2 is 1.57 bits per heavy atom. The molecule has 7 heavy (non-hydrogen) atoms. The van der Waals surface area contributed by atoms with Crippen LogP contribution in [0.1, 0.15) is 0 Å². The second-order valence-electron chi connectivity index (χ2n) is 0.502. The van der Waals surface area contributed by atoms with E-state index in [0.717, 1.165) is 0 Å². The van der Waals surface area contributed by atoms with Crippen molar-refractivity contribution < 1.29 is 66.6 Å². The molecule has 0 aromatic carbocycles. The quantitative estimate of drug-likeness (QED) is 0.374. The van der Waals surface area contributed by atoms with Gasteiger partial charge in [0.05, 0.1) is 0 Å². The van der Waals surface area contributed by atoms with E-state index < -0.39 is 10.4 Å². The summed E-state index contributed by atoms with van der Waals surface area (Å²) in [6.07, 6.45) is 0. The molecule has 0 aliphatic rings. The SMILES string of the molecule is O=S(=O)(O)OO.[Ac]. The van der Waals surface area contributed by atoms with Crippen molar-refractivity contribution >= 4 is 10.4 Å². The molecule has 0 saturated heterocycles. The summed E-state index contributed by atoms with van der Waals surface area (Å²) in [5.74, 6) is 0. The van der Waals surface area contributed by atoms with Crippen LogP contribution in [0.4, 0.5) is 0 Å². The fraction of sp³-hybridized carbons (Fsp3) is 0. The number of hydrogen-bond donors (Lipinski definition) is 2. The Morgan fingerprint density at radius 3 is 1.57 bits per heavy atom. The third-order valence-electron chi connectivity index (χ3n) is 0.0942. The van der Waals surface area contributed by atoms with Crippen molar-refractivity contribution in [1.82, 2.24) is 0 Å². The van der Waals surface area contributed by atoms with Crippen LogP contribution in [0.5, 0.6) is 0 Å². The molecule has 41 valence electrons. The third-order valence-corrected chi connectivity index (χ3v) is 0.283. The molecule has 0 aromatic rings. The molecular weight excluding hydrogens is 339 g/mol. The van der Waals surface area contributed by atoms with Crippen molar-refractivity contribution in [3.63, 3.8) is 0 Å². The largest absolute Gasteiger partial charge is 0.423 e. The van der Waals surface area contributed by atoms with E-state index in [4.69, 9.17) is 18.2 Å². The monoisotopic (exact) mass is 341 g/mol. The first-order valence-corrected chi connectivity index (χ1v) is 2.23. The molecule has 0 aliphatic heterocycles. The summed E-state index contributed by atoms with van der Waals surface area (Å²) in [4.78, 5) is 0. The Labute approximate surface area is 76.1 Å². The minimum absolute atomic E-state index is 0. The molecule has 0 rings (SSSR count). The van der Waals surface area contributed by atoms with Gasteiger partial charge in [-0.15, -0.1) is 0 Å². The standard InChI is InChI=1S/Ac.H2O5S/c;1-5-6(2,3)4/h;1H,(H,2,3,4). The smallest absolute Gasteiger partial charge is 0.262 e. The molecule has 7 heteroatoms. The molecule has 0 unspecified atom stereocenters. The van der Waals surface area contributed by atoms with Crippen molar-refractivity contribution in [2.45, 2.75) is 0 Å². The molecule has 0 aliphatic carbocycles. The predicted molar refractivity (Wildman–Crippen MR) is 15.3 cm³/mol. The van der Waals surface area contributed by atoms with Crippen molar-refractivity contribution in [3.05, 3.63) is 0 Å². The van der Waals surface area contributed by atoms with Crippen molar-refractivity contribution in [1.29, 1.82) is 0 Å². The molecule has 0 amide bonds. The van der Waals surface area contributed by atoms with Gasteiger partial charge in [0, 0.05) is 44.1 Å². The normalized spacial score (nSPS) is 10.0. The zero-order chi connectivity index (χ0) is 5.21. The minimum Gasteiger partial charge on any atom is -0.262 e. The van der Waals surface area contributed by atoms with Gasteiger partial charge in [-0.3, -0.25) is 4.55 Å². The van der Waals surface area contributed by atoms with Gasteiger partial charge in [-0.25, -0.2) is 5.26 Å². The zero-order valence-electron chi connectivity index (χ0n) is 3.10. The summed E-state index contributed by atoms with van der Waals surface area (Å²) in [6.45, 7) is 0. The summed E-state index contributed by atoms with van der Waals surface area (Å²) < 4.78 is 28.0.